The van der Waals surface area contributed by atoms with E-state index in [-0.39, 0.29) is 0 Å². The Morgan fingerprint density at radius 2 is 1.71 bits per heavy atom. The molecule has 0 aromatic heterocycles. The number of β-amino-alcohol motifs (C(OH)–C–C–N with tert-alkyl or cyclic N) is 1. The quantitative estimate of drug-likeness (QED) is 0.666. The predicted octanol–water partition coefficient (Wildman–Crippen LogP) is 2.80. The van der Waals surface area contributed by atoms with Crippen LogP contribution in [0.15, 0.2) is 54.6 Å². The highest BCUT2D eigenvalue weighted by Gasteiger charge is 2.34. The first-order valence-electron chi connectivity index (χ1n) is 11.3. The minimum Gasteiger partial charge on any atom is -0.492 e. The molecule has 1 atom stereocenters. The summed E-state index contributed by atoms with van der Waals surface area (Å²) in [7, 11) is 0. The Bertz CT molecular complexity index is 797. The van der Waals surface area contributed by atoms with Crippen molar-refractivity contribution in [2.45, 2.75) is 25.0 Å². The van der Waals surface area contributed by atoms with E-state index in [4.69, 9.17) is 14.2 Å². The largest absolute Gasteiger partial charge is 0.492 e. The number of nitrogens with zero attached hydrogens (tertiary/aromatic N) is 2. The van der Waals surface area contributed by atoms with Crippen LogP contribution in [-0.2, 0) is 11.3 Å². The second-order valence-electron chi connectivity index (χ2n) is 8.59. The molecule has 4 rings (SSSR count). The van der Waals surface area contributed by atoms with Gasteiger partial charge in [-0.2, -0.15) is 0 Å². The van der Waals surface area contributed by atoms with Crippen LogP contribution in [0.3, 0.4) is 0 Å². The van der Waals surface area contributed by atoms with E-state index in [2.05, 4.69) is 21.9 Å². The number of rotatable bonds is 9. The maximum Gasteiger partial charge on any atom is 0.119 e. The molecule has 168 valence electrons. The van der Waals surface area contributed by atoms with Crippen LogP contribution in [0.1, 0.15) is 18.4 Å². The van der Waals surface area contributed by atoms with Gasteiger partial charge in [-0.25, -0.2) is 0 Å². The number of morpholine rings is 1. The number of hydrogen-bond acceptors (Lipinski definition) is 6. The molecule has 2 aromatic rings. The number of para-hydroxylation sites is 1. The number of benzene rings is 2. The zero-order valence-electron chi connectivity index (χ0n) is 18.2. The number of aliphatic hydroxyl groups is 1. The molecule has 0 bridgehead atoms. The molecule has 0 aliphatic carbocycles. The van der Waals surface area contributed by atoms with Crippen molar-refractivity contribution in [3.05, 3.63) is 60.2 Å². The Labute approximate surface area is 185 Å². The zero-order valence-corrected chi connectivity index (χ0v) is 18.2. The molecule has 2 saturated heterocycles. The third kappa shape index (κ3) is 6.94. The maximum absolute atomic E-state index is 11.1. The second kappa shape index (κ2) is 11.0. The summed E-state index contributed by atoms with van der Waals surface area (Å²) in [5, 5.41) is 11.1. The molecule has 31 heavy (non-hydrogen) atoms. The smallest absolute Gasteiger partial charge is 0.119 e. The van der Waals surface area contributed by atoms with Gasteiger partial charge in [0.05, 0.1) is 13.2 Å². The number of ether oxygens (including phenoxy) is 3. The van der Waals surface area contributed by atoms with Gasteiger partial charge >= 0.3 is 0 Å². The fourth-order valence-corrected chi connectivity index (χ4v) is 4.30. The van der Waals surface area contributed by atoms with Crippen molar-refractivity contribution in [2.24, 2.45) is 0 Å². The van der Waals surface area contributed by atoms with Crippen molar-refractivity contribution in [1.82, 2.24) is 9.80 Å². The lowest BCUT2D eigenvalue weighted by Gasteiger charge is -2.39. The molecule has 2 aromatic carbocycles. The Morgan fingerprint density at radius 1 is 0.903 bits per heavy atom. The van der Waals surface area contributed by atoms with Crippen molar-refractivity contribution in [3.8, 4) is 11.5 Å². The van der Waals surface area contributed by atoms with Crippen LogP contribution in [0.5, 0.6) is 11.5 Å². The van der Waals surface area contributed by atoms with Gasteiger partial charge in [-0.1, -0.05) is 30.3 Å². The van der Waals surface area contributed by atoms with Crippen LogP contribution in [0.2, 0.25) is 0 Å². The molecule has 6 heteroatoms. The average molecular weight is 427 g/mol. The van der Waals surface area contributed by atoms with E-state index in [1.165, 1.54) is 5.56 Å². The van der Waals surface area contributed by atoms with Crippen molar-refractivity contribution in [2.75, 3.05) is 59.2 Å². The summed E-state index contributed by atoms with van der Waals surface area (Å²) in [5.74, 6) is 1.71. The summed E-state index contributed by atoms with van der Waals surface area (Å²) >= 11 is 0. The van der Waals surface area contributed by atoms with E-state index in [0.717, 1.165) is 70.3 Å². The van der Waals surface area contributed by atoms with E-state index in [9.17, 15) is 5.11 Å². The summed E-state index contributed by atoms with van der Waals surface area (Å²) < 4.78 is 17.2. The molecule has 0 amide bonds. The molecular formula is C25H34N2O4. The van der Waals surface area contributed by atoms with Gasteiger partial charge in [-0.3, -0.25) is 9.80 Å². The normalized spacial score (nSPS) is 22.9. The van der Waals surface area contributed by atoms with Crippen LogP contribution in [-0.4, -0.2) is 79.7 Å². The lowest BCUT2D eigenvalue weighted by Crippen LogP contribution is -2.51. The van der Waals surface area contributed by atoms with E-state index in [0.29, 0.717) is 19.8 Å². The van der Waals surface area contributed by atoms with E-state index in [1.54, 1.807) is 0 Å². The van der Waals surface area contributed by atoms with Gasteiger partial charge in [0.2, 0.25) is 0 Å². The van der Waals surface area contributed by atoms with Crippen molar-refractivity contribution >= 4 is 0 Å². The van der Waals surface area contributed by atoms with Crippen LogP contribution in [0.4, 0.5) is 0 Å². The molecule has 0 spiro atoms. The fourth-order valence-electron chi connectivity index (χ4n) is 4.30. The monoisotopic (exact) mass is 426 g/mol. The van der Waals surface area contributed by atoms with Crippen molar-refractivity contribution in [3.63, 3.8) is 0 Å². The Balaban J connectivity index is 1.25. The first-order valence-corrected chi connectivity index (χ1v) is 11.3. The molecule has 2 fully saturated rings. The molecule has 2 aliphatic rings. The lowest BCUT2D eigenvalue weighted by atomic mass is 9.93. The number of likely N-dealkylation sites (tertiary alicyclic amines) is 1. The second-order valence-corrected chi connectivity index (χ2v) is 8.59. The van der Waals surface area contributed by atoms with Gasteiger partial charge in [-0.15, -0.1) is 0 Å². The summed E-state index contributed by atoms with van der Waals surface area (Å²) in [4.78, 5) is 4.68. The fraction of sp³-hybridized carbons (Fsp3) is 0.520. The third-order valence-electron chi connectivity index (χ3n) is 5.97. The standard InChI is InChI=1S/C25H34N2O4/c28-25(21-31-23-7-2-1-3-8-23)10-5-11-27(20-25)19-22-6-4-9-24(18-22)30-17-14-26-12-15-29-16-13-26/h1-4,6-9,18,28H,5,10-17,19-21H2. The predicted molar refractivity (Wildman–Crippen MR) is 121 cm³/mol. The Morgan fingerprint density at radius 3 is 2.55 bits per heavy atom. The van der Waals surface area contributed by atoms with Gasteiger partial charge in [-0.05, 0) is 49.2 Å². The highest BCUT2D eigenvalue weighted by molar-refractivity contribution is 5.28. The maximum atomic E-state index is 11.1. The van der Waals surface area contributed by atoms with Crippen molar-refractivity contribution < 1.29 is 19.3 Å². The van der Waals surface area contributed by atoms with E-state index >= 15 is 0 Å². The molecule has 6 nitrogen and oxygen atoms in total. The van der Waals surface area contributed by atoms with E-state index in [1.807, 2.05) is 42.5 Å². The number of piperidine rings is 1. The summed E-state index contributed by atoms with van der Waals surface area (Å²) in [6.45, 7) is 7.91. The van der Waals surface area contributed by atoms with Gasteiger partial charge in [0, 0.05) is 32.7 Å². The third-order valence-corrected chi connectivity index (χ3v) is 5.97. The molecule has 1 N–H and O–H groups in total. The van der Waals surface area contributed by atoms with Crippen molar-refractivity contribution in [1.29, 1.82) is 0 Å². The summed E-state index contributed by atoms with van der Waals surface area (Å²) in [5.41, 5.74) is 0.387. The molecule has 1 unspecified atom stereocenters. The SMILES string of the molecule is OC1(COc2ccccc2)CCCN(Cc2cccc(OCCN3CCOCC3)c2)C1. The van der Waals surface area contributed by atoms with Gasteiger partial charge in [0.15, 0.2) is 0 Å². The molecule has 2 heterocycles. The van der Waals surface area contributed by atoms with Gasteiger partial charge in [0.25, 0.3) is 0 Å². The van der Waals surface area contributed by atoms with Gasteiger partial charge in [0.1, 0.15) is 30.3 Å². The summed E-state index contributed by atoms with van der Waals surface area (Å²) in [6.07, 6.45) is 1.73. The van der Waals surface area contributed by atoms with Gasteiger partial charge < -0.3 is 19.3 Å². The molecular weight excluding hydrogens is 392 g/mol. The highest BCUT2D eigenvalue weighted by Crippen LogP contribution is 2.25. The molecule has 2 aliphatic heterocycles. The van der Waals surface area contributed by atoms with Crippen LogP contribution >= 0.6 is 0 Å². The first kappa shape index (κ1) is 22.1. The lowest BCUT2D eigenvalue weighted by molar-refractivity contribution is -0.0621. The Kier molecular flexibility index (Phi) is 7.81. The topological polar surface area (TPSA) is 54.4 Å². The molecule has 0 saturated carbocycles. The zero-order chi connectivity index (χ0) is 21.4. The summed E-state index contributed by atoms with van der Waals surface area (Å²) in [6, 6.07) is 18.0. The van der Waals surface area contributed by atoms with E-state index < -0.39 is 5.60 Å². The minimum atomic E-state index is -0.819. The van der Waals surface area contributed by atoms with Crippen LogP contribution in [0.25, 0.3) is 0 Å². The van der Waals surface area contributed by atoms with Crippen LogP contribution in [0, 0.1) is 0 Å². The minimum absolute atomic E-state index is 0.318. The first-order chi connectivity index (χ1) is 15.2. The highest BCUT2D eigenvalue weighted by atomic mass is 16.5. The molecule has 0 radical (unpaired) electrons. The van der Waals surface area contributed by atoms with Crippen LogP contribution < -0.4 is 9.47 Å². The average Bonchev–Trinajstić information content (AvgIpc) is 2.80. The number of hydrogen-bond donors (Lipinski definition) is 1. The Hall–Kier alpha value is -2.12.